The van der Waals surface area contributed by atoms with Crippen molar-refractivity contribution >= 4 is 83.2 Å². The smallest absolute Gasteiger partial charge is 0.314 e. The number of hydrogen-bond acceptors (Lipinski definition) is 22. The van der Waals surface area contributed by atoms with Crippen LogP contribution in [0.5, 0.6) is 57.5 Å². The fourth-order valence-electron chi connectivity index (χ4n) is 18.4. The molecule has 0 saturated heterocycles. The van der Waals surface area contributed by atoms with Crippen LogP contribution in [0.3, 0.4) is 0 Å². The van der Waals surface area contributed by atoms with Gasteiger partial charge in [-0.3, -0.25) is 47.9 Å². The van der Waals surface area contributed by atoms with Crippen LogP contribution in [-0.2, 0) is 73.6 Å². The van der Waals surface area contributed by atoms with Crippen LogP contribution in [0, 0.1) is 73.0 Å². The maximum absolute atomic E-state index is 12.6. The molecule has 10 aromatic rings. The Hall–Kier alpha value is -12.4. The molecule has 0 aromatic heterocycles. The highest BCUT2D eigenvalue weighted by Crippen LogP contribution is 2.39. The summed E-state index contributed by atoms with van der Waals surface area (Å²) < 4.78 is 55.3. The number of unbranched alkanes of at least 4 members (excludes halogenated alkanes) is 4. The van der Waals surface area contributed by atoms with E-state index in [0.29, 0.717) is 198 Å². The molecule has 0 N–H and O–H groups in total. The summed E-state index contributed by atoms with van der Waals surface area (Å²) in [6.45, 7) is 21.1. The number of carbonyl (C=O) groups excluding carboxylic acids is 10. The Bertz CT molecular complexity index is 5210. The van der Waals surface area contributed by atoms with Crippen LogP contribution < -0.4 is 47.4 Å². The van der Waals surface area contributed by atoms with Crippen LogP contribution in [0.4, 0.5) is 0 Å². The summed E-state index contributed by atoms with van der Waals surface area (Å²) >= 11 is 3.29. The second kappa shape index (κ2) is 60.0. The molecule has 0 bridgehead atoms. The van der Waals surface area contributed by atoms with Gasteiger partial charge in [-0.1, -0.05) is 189 Å². The fraction of sp³-hybridized carbons (Fsp3) is 0.435. The lowest BCUT2D eigenvalue weighted by Crippen LogP contribution is -2.30. The van der Waals surface area contributed by atoms with Gasteiger partial charge in [0.25, 0.3) is 0 Å². The number of esters is 10. The van der Waals surface area contributed by atoms with Crippen molar-refractivity contribution in [3.63, 3.8) is 0 Å². The van der Waals surface area contributed by atoms with Crippen molar-refractivity contribution in [3.8, 4) is 57.5 Å². The van der Waals surface area contributed by atoms with E-state index in [1.807, 2.05) is 245 Å². The third-order valence-electron chi connectivity index (χ3n) is 28.1. The van der Waals surface area contributed by atoms with E-state index in [1.54, 1.807) is 47.8 Å². The summed E-state index contributed by atoms with van der Waals surface area (Å²) in [5, 5.41) is 0. The van der Waals surface area contributed by atoms with E-state index in [9.17, 15) is 47.9 Å². The Labute approximate surface area is 872 Å². The van der Waals surface area contributed by atoms with Crippen molar-refractivity contribution in [2.75, 3.05) is 12.5 Å². The lowest BCUT2D eigenvalue weighted by Gasteiger charge is -2.25. The summed E-state index contributed by atoms with van der Waals surface area (Å²) in [4.78, 5) is 127. The van der Waals surface area contributed by atoms with Crippen LogP contribution in [0.2, 0.25) is 0 Å². The van der Waals surface area contributed by atoms with E-state index in [2.05, 4.69) is 55.4 Å². The summed E-state index contributed by atoms with van der Waals surface area (Å²) in [7, 11) is 0. The van der Waals surface area contributed by atoms with Gasteiger partial charge in [0.2, 0.25) is 0 Å². The van der Waals surface area contributed by atoms with E-state index in [0.717, 1.165) is 46.6 Å². The molecular formula is C124H148O20S2. The van der Waals surface area contributed by atoms with E-state index < -0.39 is 0 Å². The predicted molar refractivity (Wildman–Crippen MR) is 574 cm³/mol. The monoisotopic (exact) mass is 2020 g/mol. The Kier molecular flexibility index (Phi) is 46.8. The van der Waals surface area contributed by atoms with Gasteiger partial charge >= 0.3 is 59.7 Å². The van der Waals surface area contributed by atoms with Crippen LogP contribution in [-0.4, -0.2) is 72.2 Å². The summed E-state index contributed by atoms with van der Waals surface area (Å²) in [5.74, 6) is 3.07. The molecule has 5 aliphatic carbocycles. The largest absolute Gasteiger partial charge is 0.426 e. The molecule has 0 radical (unpaired) electrons. The third kappa shape index (κ3) is 37.8. The quantitative estimate of drug-likeness (QED) is 0.0157. The van der Waals surface area contributed by atoms with Crippen molar-refractivity contribution < 1.29 is 95.3 Å². The molecule has 10 aromatic carbocycles. The van der Waals surface area contributed by atoms with Crippen molar-refractivity contribution in [1.29, 1.82) is 0 Å². The number of rotatable bonds is 34. The number of thioether (sulfide) groups is 2. The molecule has 0 atom stereocenters. The number of aryl methyl sites for hydroxylation is 6. The molecule has 20 nitrogen and oxygen atoms in total. The highest BCUT2D eigenvalue weighted by Gasteiger charge is 2.38. The zero-order chi connectivity index (χ0) is 104. The zero-order valence-corrected chi connectivity index (χ0v) is 88.8. The number of hydrogen-bond donors (Lipinski definition) is 0. The lowest BCUT2D eigenvalue weighted by atomic mass is 9.82. The van der Waals surface area contributed by atoms with Crippen LogP contribution >= 0.6 is 23.5 Å². The minimum Gasteiger partial charge on any atom is -0.426 e. The van der Waals surface area contributed by atoms with E-state index >= 15 is 0 Å². The molecule has 0 aliphatic heterocycles. The summed E-state index contributed by atoms with van der Waals surface area (Å²) in [6.07, 6.45) is 28.3. The summed E-state index contributed by atoms with van der Waals surface area (Å²) in [6, 6.07) is 76.2. The molecule has 0 amide bonds. The van der Waals surface area contributed by atoms with Crippen LogP contribution in [0.1, 0.15) is 279 Å². The Balaban J connectivity index is 0.000000174. The van der Waals surface area contributed by atoms with Crippen molar-refractivity contribution in [3.05, 3.63) is 287 Å². The van der Waals surface area contributed by atoms with Crippen LogP contribution in [0.15, 0.2) is 252 Å². The van der Waals surface area contributed by atoms with Gasteiger partial charge in [-0.25, -0.2) is 0 Å². The molecule has 22 heteroatoms. The molecule has 0 unspecified atom stereocenters. The maximum Gasteiger partial charge on any atom is 0.314 e. The highest BCUT2D eigenvalue weighted by atomic mass is 32.2. The molecule has 0 heterocycles. The standard InChI is InChI=1S/C30H40O4.C26H32O4.C24H28O4.C22H24O4S2.C22H24O4/c1-3-5-7-9-23-11-19-27(20-12-23)33-29(31)25-15-17-26(18-16-25)30(32)34-28-21-13-24(14-22-28)10-8-6-4-2;1-17(2)19-9-13-23(14-10-19)29-25(27)21-5-7-22(8-6-21)26(28)30-24-15-11-20(12-16-24)18(3)4;1-3-17-5-13-21(14-6-17)27-23(25)19-9-11-20(12-10-19)24(26)28-22-15-7-18(4-2)8-16-22;1-27-19-11-7-17(8-12-19)25-21(23)15-3-5-16(6-4-15)22(24)26-18-9-13-20(28-2)14-10-18;1-15-3-11-19(12-4-15)25-21(23)17-7-9-18(10-8-17)22(24)26-20-13-5-16(2)6-14-20/h11-14,19-22,25-26H,3-10,15-18H2,1-2H3;9-18,21-22H,5-8H2,1-4H3;5-8,13-16,19-20H,3-4,9-12H2,1-2H3;7-16H,3-6H2,1-2H3;3-6,11-14,17-18H,7-10H2,1-2H3. The highest BCUT2D eigenvalue weighted by molar-refractivity contribution is 7.98. The average Bonchev–Trinajstić information content (AvgIpc) is 0.846. The topological polar surface area (TPSA) is 263 Å². The third-order valence-corrected chi connectivity index (χ3v) is 29.5. The van der Waals surface area contributed by atoms with Gasteiger partial charge in [0.15, 0.2) is 0 Å². The van der Waals surface area contributed by atoms with E-state index in [-0.39, 0.29) is 119 Å². The molecular weight excluding hydrogens is 1870 g/mol. The van der Waals surface area contributed by atoms with E-state index in [4.69, 9.17) is 47.4 Å². The minimum absolute atomic E-state index is 0.153. The Morgan fingerprint density at radius 3 is 0.521 bits per heavy atom. The number of benzene rings is 10. The number of carbonyl (C=O) groups is 10. The predicted octanol–water partition coefficient (Wildman–Crippen LogP) is 28.9. The second-order valence-corrected chi connectivity index (χ2v) is 41.3. The van der Waals surface area contributed by atoms with Gasteiger partial charge in [0, 0.05) is 9.79 Å². The average molecular weight is 2020 g/mol. The Morgan fingerprint density at radius 1 is 0.219 bits per heavy atom. The van der Waals surface area contributed by atoms with Gasteiger partial charge in [-0.15, -0.1) is 23.5 Å². The van der Waals surface area contributed by atoms with Crippen molar-refractivity contribution in [2.45, 2.75) is 283 Å². The van der Waals surface area contributed by atoms with Gasteiger partial charge in [-0.2, -0.15) is 0 Å². The van der Waals surface area contributed by atoms with Crippen LogP contribution in [0.25, 0.3) is 0 Å². The SMILES string of the molecule is CC(C)c1ccc(OC(=O)C2CCC(C(=O)Oc3ccc(C(C)C)cc3)CC2)cc1.CCCCCc1ccc(OC(=O)C2CCC(C(=O)Oc3ccc(CCCCC)cc3)CC2)cc1.CCc1ccc(OC(=O)C2CCC(C(=O)Oc3ccc(CC)cc3)CC2)cc1.CSc1ccc(OC(=O)C2CCC(C(=O)Oc3ccc(SC)cc3)CC2)cc1.Cc1ccc(OC(=O)C2CCC(C(=O)Oc3ccc(C)cc3)CC2)cc1. The van der Waals surface area contributed by atoms with Gasteiger partial charge < -0.3 is 47.4 Å². The first-order valence-electron chi connectivity index (χ1n) is 52.7. The van der Waals surface area contributed by atoms with E-state index in [1.165, 1.54) is 71.9 Å². The molecule has 5 fully saturated rings. The van der Waals surface area contributed by atoms with Crippen molar-refractivity contribution in [1.82, 2.24) is 0 Å². The lowest BCUT2D eigenvalue weighted by molar-refractivity contribution is -0.145. The molecule has 5 aliphatic rings. The first-order valence-corrected chi connectivity index (χ1v) is 55.2. The first-order chi connectivity index (χ1) is 70.6. The van der Waals surface area contributed by atoms with Crippen molar-refractivity contribution in [2.24, 2.45) is 59.2 Å². The molecule has 5 saturated carbocycles. The van der Waals surface area contributed by atoms with Gasteiger partial charge in [-0.05, 0) is 384 Å². The van der Waals surface area contributed by atoms with Gasteiger partial charge in [0.05, 0.1) is 59.2 Å². The molecule has 146 heavy (non-hydrogen) atoms. The first kappa shape index (κ1) is 114. The minimum atomic E-state index is -0.212. The fourth-order valence-corrected chi connectivity index (χ4v) is 19.2. The molecule has 15 rings (SSSR count). The summed E-state index contributed by atoms with van der Waals surface area (Å²) in [5.41, 5.74) is 9.65. The van der Waals surface area contributed by atoms with Gasteiger partial charge in [0.1, 0.15) is 57.5 Å². The maximum atomic E-state index is 12.6. The zero-order valence-electron chi connectivity index (χ0n) is 87.2. The normalized spacial score (nSPS) is 18.9. The Morgan fingerprint density at radius 2 is 0.370 bits per heavy atom. The molecule has 776 valence electrons. The number of ether oxygens (including phenoxy) is 10. The second-order valence-electron chi connectivity index (χ2n) is 39.6. The molecule has 0 spiro atoms.